The molecular weight excluding hydrogens is 359 g/mol. The normalized spacial score (nSPS) is 15.8. The molecule has 4 aromatic rings. The molecule has 0 spiro atoms. The Morgan fingerprint density at radius 1 is 1.18 bits per heavy atom. The zero-order valence-electron chi connectivity index (χ0n) is 14.8. The molecule has 1 aliphatic heterocycles. The average molecular weight is 376 g/mol. The maximum Gasteiger partial charge on any atom is 0.180 e. The number of rotatable bonds is 3. The Morgan fingerprint density at radius 3 is 3.04 bits per heavy atom. The summed E-state index contributed by atoms with van der Waals surface area (Å²) in [4.78, 5) is 13.4. The van der Waals surface area contributed by atoms with Crippen molar-refractivity contribution in [2.75, 3.05) is 17.7 Å². The third kappa shape index (κ3) is 2.79. The highest BCUT2D eigenvalue weighted by atomic mass is 19.1. The van der Waals surface area contributed by atoms with Crippen molar-refractivity contribution in [1.29, 1.82) is 0 Å². The molecular formula is C20H17FN6O. The molecule has 0 radical (unpaired) electrons. The number of imidazole rings is 1. The highest BCUT2D eigenvalue weighted by Gasteiger charge is 2.24. The predicted octanol–water partition coefficient (Wildman–Crippen LogP) is 3.45. The number of para-hydroxylation sites is 1. The molecule has 0 amide bonds. The number of benzene rings is 1. The number of nitrogen functional groups attached to an aromatic ring is 1. The molecule has 8 heteroatoms. The number of nitrogens with one attached hydrogen (secondary N) is 1. The summed E-state index contributed by atoms with van der Waals surface area (Å²) >= 11 is 0. The van der Waals surface area contributed by atoms with Crippen molar-refractivity contribution in [3.05, 3.63) is 66.4 Å². The lowest BCUT2D eigenvalue weighted by molar-refractivity contribution is 0.260. The van der Waals surface area contributed by atoms with Crippen molar-refractivity contribution in [2.24, 2.45) is 0 Å². The van der Waals surface area contributed by atoms with Gasteiger partial charge in [-0.15, -0.1) is 0 Å². The number of aromatic nitrogens is 4. The third-order valence-corrected chi connectivity index (χ3v) is 4.76. The number of ether oxygens (including phenoxy) is 1. The van der Waals surface area contributed by atoms with Crippen molar-refractivity contribution in [3.8, 4) is 17.3 Å². The van der Waals surface area contributed by atoms with Crippen molar-refractivity contribution >= 4 is 17.2 Å². The van der Waals surface area contributed by atoms with Crippen LogP contribution in [0.25, 0.3) is 17.2 Å². The van der Waals surface area contributed by atoms with Gasteiger partial charge in [-0.3, -0.25) is 4.40 Å². The Labute approximate surface area is 160 Å². The smallest absolute Gasteiger partial charge is 0.180 e. The minimum atomic E-state index is -0.351. The number of hydrogen-bond donors (Lipinski definition) is 2. The lowest BCUT2D eigenvalue weighted by atomic mass is 10.0. The highest BCUT2D eigenvalue weighted by Crippen LogP contribution is 2.35. The maximum atomic E-state index is 14.0. The fourth-order valence-corrected chi connectivity index (χ4v) is 3.44. The summed E-state index contributed by atoms with van der Waals surface area (Å²) in [5.41, 5.74) is 8.81. The van der Waals surface area contributed by atoms with E-state index in [9.17, 15) is 4.39 Å². The molecule has 1 aromatic carbocycles. The summed E-state index contributed by atoms with van der Waals surface area (Å²) in [6, 6.07) is 10.3. The largest absolute Gasteiger partial charge is 0.490 e. The van der Waals surface area contributed by atoms with Crippen LogP contribution < -0.4 is 15.8 Å². The molecule has 1 atom stereocenters. The van der Waals surface area contributed by atoms with Crippen LogP contribution in [-0.2, 0) is 0 Å². The van der Waals surface area contributed by atoms with Gasteiger partial charge >= 0.3 is 0 Å². The van der Waals surface area contributed by atoms with E-state index in [1.54, 1.807) is 36.8 Å². The molecule has 7 nitrogen and oxygen atoms in total. The lowest BCUT2D eigenvalue weighted by Gasteiger charge is -2.27. The van der Waals surface area contributed by atoms with Crippen LogP contribution in [0.15, 0.2) is 55.0 Å². The van der Waals surface area contributed by atoms with Crippen LogP contribution >= 0.6 is 0 Å². The maximum absolute atomic E-state index is 14.0. The molecule has 0 bridgehead atoms. The highest BCUT2D eigenvalue weighted by molar-refractivity contribution is 5.60. The first-order chi connectivity index (χ1) is 13.7. The van der Waals surface area contributed by atoms with Crippen LogP contribution in [0.2, 0.25) is 0 Å². The number of nitrogens with zero attached hydrogens (tertiary/aromatic N) is 4. The zero-order valence-corrected chi connectivity index (χ0v) is 14.8. The zero-order chi connectivity index (χ0) is 19.1. The molecule has 3 N–H and O–H groups in total. The standard InChI is InChI=1S/C20H17FN6O/c21-14-3-1-2-13-15(7-9-28-19(13)14)25-17-6-8-23-20(26-17)16-10-24-18-5-4-12(22)11-27(16)18/h1-6,8,10-11,15H,7,9,22H2,(H,23,25,26). The Kier molecular flexibility index (Phi) is 3.82. The molecule has 0 fully saturated rings. The van der Waals surface area contributed by atoms with Crippen LogP contribution in [-0.4, -0.2) is 26.0 Å². The monoisotopic (exact) mass is 376 g/mol. The van der Waals surface area contributed by atoms with Crippen LogP contribution in [0.3, 0.4) is 0 Å². The molecule has 0 saturated heterocycles. The summed E-state index contributed by atoms with van der Waals surface area (Å²) in [6.07, 6.45) is 5.90. The molecule has 1 aliphatic rings. The van der Waals surface area contributed by atoms with Crippen molar-refractivity contribution in [2.45, 2.75) is 12.5 Å². The fraction of sp³-hybridized carbons (Fsp3) is 0.150. The number of anilines is 2. The van der Waals surface area contributed by atoms with E-state index in [-0.39, 0.29) is 11.9 Å². The van der Waals surface area contributed by atoms with Crippen molar-refractivity contribution in [3.63, 3.8) is 0 Å². The molecule has 0 aliphatic carbocycles. The van der Waals surface area contributed by atoms with E-state index < -0.39 is 0 Å². The van der Waals surface area contributed by atoms with Gasteiger partial charge < -0.3 is 15.8 Å². The van der Waals surface area contributed by atoms with Gasteiger partial charge in [0.25, 0.3) is 0 Å². The first-order valence-electron chi connectivity index (χ1n) is 8.93. The fourth-order valence-electron chi connectivity index (χ4n) is 3.44. The minimum Gasteiger partial charge on any atom is -0.490 e. The summed E-state index contributed by atoms with van der Waals surface area (Å²) < 4.78 is 21.4. The second-order valence-electron chi connectivity index (χ2n) is 6.59. The molecule has 1 unspecified atom stereocenters. The van der Waals surface area contributed by atoms with E-state index in [0.29, 0.717) is 36.1 Å². The topological polar surface area (TPSA) is 90.4 Å². The Hall–Kier alpha value is -3.68. The van der Waals surface area contributed by atoms with Crippen molar-refractivity contribution < 1.29 is 9.13 Å². The van der Waals surface area contributed by atoms with E-state index in [0.717, 1.165) is 16.9 Å². The number of hydrogen-bond acceptors (Lipinski definition) is 6. The van der Waals surface area contributed by atoms with Gasteiger partial charge in [-0.2, -0.15) is 0 Å². The molecule has 0 saturated carbocycles. The number of nitrogens with two attached hydrogens (primary N) is 1. The molecule has 5 rings (SSSR count). The molecule has 28 heavy (non-hydrogen) atoms. The Bertz CT molecular complexity index is 1170. The second-order valence-corrected chi connectivity index (χ2v) is 6.59. The quantitative estimate of drug-likeness (QED) is 0.569. The van der Waals surface area contributed by atoms with Crippen LogP contribution in [0.5, 0.6) is 5.75 Å². The van der Waals surface area contributed by atoms with Crippen LogP contribution in [0.4, 0.5) is 15.9 Å². The van der Waals surface area contributed by atoms with Crippen LogP contribution in [0.1, 0.15) is 18.0 Å². The summed E-state index contributed by atoms with van der Waals surface area (Å²) in [5, 5.41) is 3.37. The Balaban J connectivity index is 1.49. The van der Waals surface area contributed by atoms with Crippen molar-refractivity contribution in [1.82, 2.24) is 19.4 Å². The summed E-state index contributed by atoms with van der Waals surface area (Å²) in [7, 11) is 0. The van der Waals surface area contributed by atoms with Gasteiger partial charge in [0.15, 0.2) is 17.4 Å². The third-order valence-electron chi connectivity index (χ3n) is 4.76. The van der Waals surface area contributed by atoms with E-state index in [4.69, 9.17) is 10.5 Å². The minimum absolute atomic E-state index is 0.0972. The molecule has 140 valence electrons. The van der Waals surface area contributed by atoms with E-state index in [1.165, 1.54) is 6.07 Å². The number of fused-ring (bicyclic) bond motifs is 2. The van der Waals surface area contributed by atoms with Gasteiger partial charge in [0.05, 0.1) is 18.8 Å². The summed E-state index contributed by atoms with van der Waals surface area (Å²) in [6.45, 7) is 0.441. The van der Waals surface area contributed by atoms with E-state index >= 15 is 0 Å². The number of pyridine rings is 1. The number of halogens is 1. The van der Waals surface area contributed by atoms with Crippen LogP contribution in [0, 0.1) is 5.82 Å². The average Bonchev–Trinajstić information content (AvgIpc) is 3.12. The molecule has 4 heterocycles. The Morgan fingerprint density at radius 2 is 2.11 bits per heavy atom. The SMILES string of the molecule is Nc1ccc2ncc(-c3nccc(NC4CCOc5c(F)cccc54)n3)n2c1. The van der Waals surface area contributed by atoms with Gasteiger partial charge in [0.1, 0.15) is 17.2 Å². The first-order valence-corrected chi connectivity index (χ1v) is 8.93. The molecule has 3 aromatic heterocycles. The van der Waals surface area contributed by atoms with Gasteiger partial charge in [0.2, 0.25) is 0 Å². The van der Waals surface area contributed by atoms with Gasteiger partial charge in [-0.05, 0) is 24.3 Å². The van der Waals surface area contributed by atoms with E-state index in [1.807, 2.05) is 16.5 Å². The van der Waals surface area contributed by atoms with Gasteiger partial charge in [0, 0.05) is 30.1 Å². The second kappa shape index (κ2) is 6.49. The summed E-state index contributed by atoms with van der Waals surface area (Å²) in [5.74, 6) is 1.12. The first kappa shape index (κ1) is 16.5. The van der Waals surface area contributed by atoms with E-state index in [2.05, 4.69) is 20.3 Å². The predicted molar refractivity (Wildman–Crippen MR) is 104 cm³/mol. The lowest BCUT2D eigenvalue weighted by Crippen LogP contribution is -2.21. The van der Waals surface area contributed by atoms with Gasteiger partial charge in [-0.25, -0.2) is 19.3 Å². The van der Waals surface area contributed by atoms with Gasteiger partial charge in [-0.1, -0.05) is 12.1 Å².